The van der Waals surface area contributed by atoms with Crippen molar-refractivity contribution >= 4 is 23.5 Å². The van der Waals surface area contributed by atoms with Gasteiger partial charge >= 0.3 is 0 Å². The van der Waals surface area contributed by atoms with Crippen LogP contribution in [0.25, 0.3) is 0 Å². The van der Waals surface area contributed by atoms with Gasteiger partial charge in [0.05, 0.1) is 13.1 Å². The van der Waals surface area contributed by atoms with E-state index in [4.69, 9.17) is 0 Å². The molecule has 4 nitrogen and oxygen atoms in total. The molecule has 1 fully saturated rings. The lowest BCUT2D eigenvalue weighted by atomic mass is 10.1. The van der Waals surface area contributed by atoms with E-state index in [1.807, 2.05) is 18.2 Å². The lowest BCUT2D eigenvalue weighted by molar-refractivity contribution is 0.213. The minimum Gasteiger partial charge on any atom is -0.300 e. The molecule has 2 aromatic carbocycles. The minimum atomic E-state index is -0.191. The molecule has 0 bridgehead atoms. The molecule has 1 aliphatic heterocycles. The second kappa shape index (κ2) is 11.0. The topological polar surface area (TPSA) is 34.0 Å². The van der Waals surface area contributed by atoms with Crippen molar-refractivity contribution < 1.29 is 4.39 Å². The van der Waals surface area contributed by atoms with Crippen molar-refractivity contribution in [2.45, 2.75) is 42.4 Å². The molecule has 3 aromatic rings. The Labute approximate surface area is 186 Å². The predicted molar refractivity (Wildman–Crippen MR) is 123 cm³/mol. The molecule has 1 saturated heterocycles. The van der Waals surface area contributed by atoms with Crippen LogP contribution in [0.4, 0.5) is 4.39 Å². The number of halogens is 1. The van der Waals surface area contributed by atoms with Crippen molar-refractivity contribution in [1.82, 2.24) is 19.7 Å². The van der Waals surface area contributed by atoms with Gasteiger partial charge in [0.2, 0.25) is 0 Å². The maximum Gasteiger partial charge on any atom is 0.191 e. The van der Waals surface area contributed by atoms with Crippen LogP contribution in [-0.2, 0) is 13.1 Å². The van der Waals surface area contributed by atoms with Crippen molar-refractivity contribution in [1.29, 1.82) is 0 Å². The Morgan fingerprint density at radius 1 is 0.800 bits per heavy atom. The summed E-state index contributed by atoms with van der Waals surface area (Å²) < 4.78 is 15.3. The van der Waals surface area contributed by atoms with Gasteiger partial charge in [-0.25, -0.2) is 4.39 Å². The number of aromatic nitrogens is 3. The first-order valence-corrected chi connectivity index (χ1v) is 12.4. The largest absolute Gasteiger partial charge is 0.300 e. The number of nitrogens with zero attached hydrogens (tertiary/aromatic N) is 4. The summed E-state index contributed by atoms with van der Waals surface area (Å²) in [5, 5.41) is 10.1. The molecule has 4 rings (SSSR count). The van der Waals surface area contributed by atoms with E-state index >= 15 is 0 Å². The zero-order chi connectivity index (χ0) is 20.6. The number of likely N-dealkylation sites (tertiary alicyclic amines) is 1. The van der Waals surface area contributed by atoms with Gasteiger partial charge in [0.1, 0.15) is 11.6 Å². The molecule has 0 atom stereocenters. The highest BCUT2D eigenvalue weighted by atomic mass is 32.2. The highest BCUT2D eigenvalue weighted by Gasteiger charge is 2.18. The summed E-state index contributed by atoms with van der Waals surface area (Å²) in [6.45, 7) is 3.96. The number of thioether (sulfide) groups is 2. The normalized spacial score (nSPS) is 14.8. The van der Waals surface area contributed by atoms with Crippen LogP contribution >= 0.6 is 23.5 Å². The Hall–Kier alpha value is -1.83. The fraction of sp³-hybridized carbons (Fsp3) is 0.391. The highest BCUT2D eigenvalue weighted by Crippen LogP contribution is 2.24. The average Bonchev–Trinajstić information content (AvgIpc) is 3.15. The summed E-state index contributed by atoms with van der Waals surface area (Å²) in [6, 6.07) is 17.2. The molecule has 0 amide bonds. The van der Waals surface area contributed by atoms with Crippen molar-refractivity contribution in [3.63, 3.8) is 0 Å². The van der Waals surface area contributed by atoms with Crippen LogP contribution in [-0.4, -0.2) is 44.3 Å². The van der Waals surface area contributed by atoms with E-state index in [0.29, 0.717) is 0 Å². The molecular weight excluding hydrogens is 415 g/mol. The summed E-state index contributed by atoms with van der Waals surface area (Å²) in [4.78, 5) is 3.59. The molecule has 1 aliphatic rings. The number of piperidine rings is 1. The second-order valence-corrected chi connectivity index (χ2v) is 9.69. The van der Waals surface area contributed by atoms with Gasteiger partial charge in [0, 0.05) is 16.4 Å². The van der Waals surface area contributed by atoms with Gasteiger partial charge in [-0.15, -0.1) is 22.0 Å². The van der Waals surface area contributed by atoms with Crippen LogP contribution in [0.3, 0.4) is 0 Å². The van der Waals surface area contributed by atoms with Gasteiger partial charge in [-0.3, -0.25) is 4.90 Å². The molecule has 30 heavy (non-hydrogen) atoms. The minimum absolute atomic E-state index is 0.191. The quantitative estimate of drug-likeness (QED) is 0.330. The fourth-order valence-electron chi connectivity index (χ4n) is 3.61. The zero-order valence-corrected chi connectivity index (χ0v) is 18.7. The molecule has 0 unspecified atom stereocenters. The standard InChI is InChI=1S/C23H27FN4S2/c24-20-9-11-21(12-10-20)29-15-16-30-23-26-25-22(18-27-13-5-2-6-14-27)28(23)17-19-7-3-1-4-8-19/h1,3-4,7-12H,2,5-6,13-18H2. The van der Waals surface area contributed by atoms with Crippen LogP contribution in [0.2, 0.25) is 0 Å². The Morgan fingerprint density at radius 3 is 2.30 bits per heavy atom. The van der Waals surface area contributed by atoms with E-state index in [-0.39, 0.29) is 5.82 Å². The van der Waals surface area contributed by atoms with Crippen molar-refractivity contribution in [3.8, 4) is 0 Å². The van der Waals surface area contributed by atoms with E-state index in [1.165, 1.54) is 37.0 Å². The third kappa shape index (κ3) is 6.09. The smallest absolute Gasteiger partial charge is 0.191 e. The Balaban J connectivity index is 1.40. The molecule has 7 heteroatoms. The SMILES string of the molecule is Fc1ccc(SCCSc2nnc(CN3CCCCC3)n2Cc2ccccc2)cc1. The Kier molecular flexibility index (Phi) is 7.83. The van der Waals surface area contributed by atoms with Crippen LogP contribution in [0.5, 0.6) is 0 Å². The second-order valence-electron chi connectivity index (χ2n) is 7.46. The molecule has 0 saturated carbocycles. The Bertz CT molecular complexity index is 909. The summed E-state index contributed by atoms with van der Waals surface area (Å²) in [7, 11) is 0. The van der Waals surface area contributed by atoms with Crippen LogP contribution in [0, 0.1) is 5.82 Å². The molecule has 0 spiro atoms. The summed E-state index contributed by atoms with van der Waals surface area (Å²) in [5.74, 6) is 2.73. The van der Waals surface area contributed by atoms with Crippen LogP contribution in [0.15, 0.2) is 64.6 Å². The number of hydrogen-bond acceptors (Lipinski definition) is 5. The summed E-state index contributed by atoms with van der Waals surface area (Å²) in [5.41, 5.74) is 1.26. The van der Waals surface area contributed by atoms with E-state index in [9.17, 15) is 4.39 Å². The van der Waals surface area contributed by atoms with Crippen LogP contribution in [0.1, 0.15) is 30.7 Å². The summed E-state index contributed by atoms with van der Waals surface area (Å²) in [6.07, 6.45) is 3.88. The molecule has 0 radical (unpaired) electrons. The first-order chi connectivity index (χ1) is 14.8. The van der Waals surface area contributed by atoms with Gasteiger partial charge in [0.15, 0.2) is 5.16 Å². The third-order valence-corrected chi connectivity index (χ3v) is 7.43. The van der Waals surface area contributed by atoms with Crippen LogP contribution < -0.4 is 0 Å². The van der Waals surface area contributed by atoms with Gasteiger partial charge in [0.25, 0.3) is 0 Å². The average molecular weight is 443 g/mol. The lowest BCUT2D eigenvalue weighted by Crippen LogP contribution is -2.30. The molecule has 1 aromatic heterocycles. The molecule has 158 valence electrons. The first-order valence-electron chi connectivity index (χ1n) is 10.5. The van der Waals surface area contributed by atoms with Gasteiger partial charge in [-0.1, -0.05) is 48.5 Å². The zero-order valence-electron chi connectivity index (χ0n) is 17.0. The summed E-state index contributed by atoms with van der Waals surface area (Å²) >= 11 is 3.49. The van der Waals surface area contributed by atoms with Crippen molar-refractivity contribution in [2.24, 2.45) is 0 Å². The number of benzene rings is 2. The predicted octanol–water partition coefficient (Wildman–Crippen LogP) is 5.34. The monoisotopic (exact) mass is 442 g/mol. The van der Waals surface area contributed by atoms with Crippen molar-refractivity contribution in [3.05, 3.63) is 71.8 Å². The molecule has 0 aliphatic carbocycles. The van der Waals surface area contributed by atoms with E-state index < -0.39 is 0 Å². The van der Waals surface area contributed by atoms with E-state index in [0.717, 1.165) is 53.6 Å². The van der Waals surface area contributed by atoms with Gasteiger partial charge in [-0.05, 0) is 55.8 Å². The lowest BCUT2D eigenvalue weighted by Gasteiger charge is -2.26. The van der Waals surface area contributed by atoms with E-state index in [1.54, 1.807) is 23.5 Å². The molecule has 2 heterocycles. The molecule has 0 N–H and O–H groups in total. The maximum atomic E-state index is 13.1. The fourth-order valence-corrected chi connectivity index (χ4v) is 5.45. The first kappa shape index (κ1) is 21.4. The number of hydrogen-bond donors (Lipinski definition) is 0. The van der Waals surface area contributed by atoms with Crippen molar-refractivity contribution in [2.75, 3.05) is 24.6 Å². The number of rotatable bonds is 9. The van der Waals surface area contributed by atoms with Gasteiger partial charge in [-0.2, -0.15) is 0 Å². The molecular formula is C23H27FN4S2. The third-order valence-electron chi connectivity index (χ3n) is 5.19. The van der Waals surface area contributed by atoms with Gasteiger partial charge < -0.3 is 4.57 Å². The van der Waals surface area contributed by atoms with E-state index in [2.05, 4.69) is 43.9 Å². The maximum absolute atomic E-state index is 13.1. The highest BCUT2D eigenvalue weighted by molar-refractivity contribution is 8.02. The Morgan fingerprint density at radius 2 is 1.53 bits per heavy atom.